The number of fused-ring (bicyclic) bond motifs is 1. The van der Waals surface area contributed by atoms with Gasteiger partial charge in [-0.25, -0.2) is 4.68 Å². The van der Waals surface area contributed by atoms with E-state index in [1.54, 1.807) is 23.9 Å². The first-order chi connectivity index (χ1) is 19.2. The molecule has 0 saturated carbocycles. The topological polar surface area (TPSA) is 90.3 Å². The first-order valence-corrected chi connectivity index (χ1v) is 13.9. The van der Waals surface area contributed by atoms with Crippen molar-refractivity contribution in [2.45, 2.75) is 33.4 Å². The average molecular weight is 643 g/mol. The lowest BCUT2D eigenvalue weighted by Crippen LogP contribution is -2.31. The number of halogens is 3. The van der Waals surface area contributed by atoms with E-state index >= 15 is 0 Å². The van der Waals surface area contributed by atoms with E-state index in [-0.39, 0.29) is 12.5 Å². The normalized spacial score (nSPS) is 14.4. The van der Waals surface area contributed by atoms with Gasteiger partial charge in [-0.15, -0.1) is 0 Å². The van der Waals surface area contributed by atoms with Crippen LogP contribution in [0.15, 0.2) is 70.6 Å². The van der Waals surface area contributed by atoms with Crippen LogP contribution in [0.1, 0.15) is 35.2 Å². The molecule has 0 saturated heterocycles. The van der Waals surface area contributed by atoms with E-state index in [2.05, 4.69) is 36.6 Å². The first kappa shape index (κ1) is 28.0. The van der Waals surface area contributed by atoms with Crippen LogP contribution in [-0.2, 0) is 11.4 Å². The number of nitrogens with zero attached hydrogens (tertiary/aromatic N) is 3. The molecule has 4 aromatic rings. The number of nitrogens with one attached hydrogen (secondary N) is 2. The Morgan fingerprint density at radius 3 is 2.62 bits per heavy atom. The third kappa shape index (κ3) is 5.54. The van der Waals surface area contributed by atoms with Crippen LogP contribution < -0.4 is 20.1 Å². The van der Waals surface area contributed by atoms with E-state index < -0.39 is 6.04 Å². The molecule has 3 aromatic carbocycles. The summed E-state index contributed by atoms with van der Waals surface area (Å²) in [6, 6.07) is 14.4. The molecular formula is C29H26BrCl2N5O3. The average Bonchev–Trinajstić information content (AvgIpc) is 3.38. The van der Waals surface area contributed by atoms with E-state index in [1.807, 2.05) is 57.2 Å². The van der Waals surface area contributed by atoms with Gasteiger partial charge in [-0.2, -0.15) is 10.1 Å². The van der Waals surface area contributed by atoms with E-state index in [0.717, 1.165) is 27.9 Å². The van der Waals surface area contributed by atoms with Crippen molar-refractivity contribution in [2.24, 2.45) is 0 Å². The number of hydrogen-bond acceptors (Lipinski definition) is 6. The molecule has 11 heteroatoms. The molecule has 8 nitrogen and oxygen atoms in total. The van der Waals surface area contributed by atoms with Crippen LogP contribution in [0.4, 0.5) is 11.6 Å². The van der Waals surface area contributed by atoms with Gasteiger partial charge in [0.15, 0.2) is 11.5 Å². The summed E-state index contributed by atoms with van der Waals surface area (Å²) >= 11 is 15.9. The van der Waals surface area contributed by atoms with Gasteiger partial charge in [0, 0.05) is 11.4 Å². The van der Waals surface area contributed by atoms with Crippen LogP contribution in [0.3, 0.4) is 0 Å². The summed E-state index contributed by atoms with van der Waals surface area (Å²) in [4.78, 5) is 18.1. The Kier molecular flexibility index (Phi) is 8.07. The summed E-state index contributed by atoms with van der Waals surface area (Å²) in [6.45, 7) is 6.08. The van der Waals surface area contributed by atoms with Gasteiger partial charge in [0.1, 0.15) is 19.0 Å². The van der Waals surface area contributed by atoms with E-state index in [4.69, 9.17) is 32.7 Å². The molecule has 5 rings (SSSR count). The molecule has 1 unspecified atom stereocenters. The largest absolute Gasteiger partial charge is 0.493 e. The SMILES string of the molecule is COc1cc(C2C(C(=O)Nc3ccc(C)cc3C)=C(C)Nc3ncnn32)cc(Br)c1OCc1ccc(Cl)c(Cl)c1. The highest BCUT2D eigenvalue weighted by Crippen LogP contribution is 2.43. The molecule has 1 atom stereocenters. The Morgan fingerprint density at radius 1 is 1.10 bits per heavy atom. The predicted molar refractivity (Wildman–Crippen MR) is 161 cm³/mol. The number of ether oxygens (including phenoxy) is 2. The molecule has 1 amide bonds. The summed E-state index contributed by atoms with van der Waals surface area (Å²) in [5, 5.41) is 11.6. The Labute approximate surface area is 250 Å². The molecule has 40 heavy (non-hydrogen) atoms. The van der Waals surface area contributed by atoms with Crippen LogP contribution in [0.25, 0.3) is 0 Å². The number of hydrogen-bond donors (Lipinski definition) is 2. The maximum atomic E-state index is 13.8. The van der Waals surface area contributed by atoms with Crippen molar-refractivity contribution in [1.82, 2.24) is 14.8 Å². The molecule has 1 aliphatic rings. The van der Waals surface area contributed by atoms with Crippen LogP contribution in [0.2, 0.25) is 10.0 Å². The minimum atomic E-state index is -0.584. The Bertz CT molecular complexity index is 1650. The third-order valence-corrected chi connectivity index (χ3v) is 7.93. The number of allylic oxidation sites excluding steroid dienone is 1. The maximum Gasteiger partial charge on any atom is 0.255 e. The van der Waals surface area contributed by atoms with Gasteiger partial charge in [0.25, 0.3) is 5.91 Å². The second kappa shape index (κ2) is 11.5. The first-order valence-electron chi connectivity index (χ1n) is 12.4. The van der Waals surface area contributed by atoms with E-state index in [9.17, 15) is 4.79 Å². The second-order valence-corrected chi connectivity index (χ2v) is 11.1. The van der Waals surface area contributed by atoms with E-state index in [0.29, 0.717) is 43.2 Å². The summed E-state index contributed by atoms with van der Waals surface area (Å²) in [7, 11) is 1.57. The number of carbonyl (C=O) groups is 1. The predicted octanol–water partition coefficient (Wildman–Crippen LogP) is 7.48. The molecule has 206 valence electrons. The van der Waals surface area contributed by atoms with Crippen molar-refractivity contribution in [3.05, 3.63) is 103 Å². The molecule has 0 aliphatic carbocycles. The van der Waals surface area contributed by atoms with Crippen LogP contribution in [0, 0.1) is 13.8 Å². The number of amides is 1. The van der Waals surface area contributed by atoms with Crippen molar-refractivity contribution in [3.63, 3.8) is 0 Å². The summed E-state index contributed by atoms with van der Waals surface area (Å²) in [6.07, 6.45) is 1.45. The van der Waals surface area contributed by atoms with Crippen LogP contribution in [0.5, 0.6) is 11.5 Å². The minimum absolute atomic E-state index is 0.244. The summed E-state index contributed by atoms with van der Waals surface area (Å²) in [5.41, 5.74) is 5.60. The lowest BCUT2D eigenvalue weighted by Gasteiger charge is -2.29. The lowest BCUT2D eigenvalue weighted by molar-refractivity contribution is -0.113. The summed E-state index contributed by atoms with van der Waals surface area (Å²) in [5.74, 6) is 1.27. The summed E-state index contributed by atoms with van der Waals surface area (Å²) < 4.78 is 14.2. The molecule has 0 bridgehead atoms. The number of rotatable bonds is 7. The number of anilines is 2. The zero-order valence-electron chi connectivity index (χ0n) is 22.2. The second-order valence-electron chi connectivity index (χ2n) is 9.44. The highest BCUT2D eigenvalue weighted by Gasteiger charge is 2.34. The quantitative estimate of drug-likeness (QED) is 0.217. The monoisotopic (exact) mass is 641 g/mol. The number of methoxy groups -OCH3 is 1. The van der Waals surface area contributed by atoms with Gasteiger partial charge in [0.2, 0.25) is 5.95 Å². The van der Waals surface area contributed by atoms with Crippen molar-refractivity contribution in [2.75, 3.05) is 17.7 Å². The molecule has 2 heterocycles. The molecule has 2 N–H and O–H groups in total. The standard InChI is InChI=1S/C29H26BrCl2N5O3/c1-15-5-8-23(16(2)9-15)36-28(38)25-17(3)35-29-33-14-34-37(29)26(25)19-11-20(30)27(24(12-19)39-4)40-13-18-6-7-21(31)22(32)10-18/h5-12,14,26H,13H2,1-4H3,(H,36,38)(H,33,34,35). The fraction of sp³-hybridized carbons (Fsp3) is 0.207. The minimum Gasteiger partial charge on any atom is -0.493 e. The Balaban J connectivity index is 1.51. The highest BCUT2D eigenvalue weighted by molar-refractivity contribution is 9.10. The number of carbonyl (C=O) groups excluding carboxylic acids is 1. The Morgan fingerprint density at radius 2 is 1.90 bits per heavy atom. The highest BCUT2D eigenvalue weighted by atomic mass is 79.9. The van der Waals surface area contributed by atoms with Gasteiger partial charge in [-0.3, -0.25) is 4.79 Å². The Hall–Kier alpha value is -3.53. The lowest BCUT2D eigenvalue weighted by atomic mass is 9.94. The van der Waals surface area contributed by atoms with Crippen molar-refractivity contribution < 1.29 is 14.3 Å². The number of benzene rings is 3. The smallest absolute Gasteiger partial charge is 0.255 e. The molecule has 1 aromatic heterocycles. The zero-order valence-corrected chi connectivity index (χ0v) is 25.3. The van der Waals surface area contributed by atoms with Gasteiger partial charge in [-0.05, 0) is 83.7 Å². The third-order valence-electron chi connectivity index (χ3n) is 6.60. The van der Waals surface area contributed by atoms with Crippen LogP contribution in [-0.4, -0.2) is 27.8 Å². The van der Waals surface area contributed by atoms with Gasteiger partial charge >= 0.3 is 0 Å². The molecule has 1 aliphatic heterocycles. The van der Waals surface area contributed by atoms with Crippen molar-refractivity contribution >= 4 is 56.7 Å². The molecule has 0 fully saturated rings. The van der Waals surface area contributed by atoms with Crippen molar-refractivity contribution in [3.8, 4) is 11.5 Å². The fourth-order valence-electron chi connectivity index (χ4n) is 4.66. The molecule has 0 spiro atoms. The molecule has 0 radical (unpaired) electrons. The van der Waals surface area contributed by atoms with Gasteiger partial charge in [-0.1, -0.05) is 47.0 Å². The van der Waals surface area contributed by atoms with Gasteiger partial charge < -0.3 is 20.1 Å². The number of aromatic nitrogens is 3. The van der Waals surface area contributed by atoms with Crippen LogP contribution >= 0.6 is 39.1 Å². The van der Waals surface area contributed by atoms with E-state index in [1.165, 1.54) is 6.33 Å². The maximum absolute atomic E-state index is 13.8. The fourth-order valence-corrected chi connectivity index (χ4v) is 5.55. The number of aryl methyl sites for hydroxylation is 2. The zero-order chi connectivity index (χ0) is 28.6. The van der Waals surface area contributed by atoms with Gasteiger partial charge in [0.05, 0.1) is 27.2 Å². The molecular weight excluding hydrogens is 617 g/mol. The van der Waals surface area contributed by atoms with Crippen molar-refractivity contribution in [1.29, 1.82) is 0 Å².